The zero-order valence-corrected chi connectivity index (χ0v) is 8.63. The number of hydroxylamine groups is 1. The SMILES string of the molecule is O=[SH](=O)CNc1ccc(CNO)cc1F. The van der Waals surface area contributed by atoms with E-state index in [1.807, 2.05) is 5.48 Å². The molecule has 0 saturated carbocycles. The molecule has 0 bridgehead atoms. The average Bonchev–Trinajstić information content (AvgIpc) is 2.17. The monoisotopic (exact) mass is 234 g/mol. The molecule has 7 heteroatoms. The molecule has 0 radical (unpaired) electrons. The van der Waals surface area contributed by atoms with Crippen LogP contribution in [0.2, 0.25) is 0 Å². The molecular weight excluding hydrogens is 223 g/mol. The van der Waals surface area contributed by atoms with Gasteiger partial charge in [-0.25, -0.2) is 18.3 Å². The Morgan fingerprint density at radius 3 is 2.67 bits per heavy atom. The standard InChI is InChI=1S/C8H11FN2O3S/c9-7-3-6(4-11-12)1-2-8(7)10-5-15(13)14/h1-3,10-12,15H,4-5H2. The van der Waals surface area contributed by atoms with Crippen LogP contribution in [0, 0.1) is 5.82 Å². The van der Waals surface area contributed by atoms with E-state index in [4.69, 9.17) is 5.21 Å². The van der Waals surface area contributed by atoms with Crippen molar-refractivity contribution in [2.75, 3.05) is 11.2 Å². The molecule has 0 aliphatic rings. The van der Waals surface area contributed by atoms with Crippen molar-refractivity contribution in [3.63, 3.8) is 0 Å². The van der Waals surface area contributed by atoms with Crippen molar-refractivity contribution in [1.29, 1.82) is 0 Å². The van der Waals surface area contributed by atoms with Crippen LogP contribution in [0.4, 0.5) is 10.1 Å². The van der Waals surface area contributed by atoms with E-state index in [1.165, 1.54) is 12.1 Å². The number of anilines is 1. The van der Waals surface area contributed by atoms with Crippen molar-refractivity contribution < 1.29 is 18.0 Å². The van der Waals surface area contributed by atoms with Crippen molar-refractivity contribution >= 4 is 16.4 Å². The van der Waals surface area contributed by atoms with E-state index in [2.05, 4.69) is 5.32 Å². The Morgan fingerprint density at radius 1 is 1.40 bits per heavy atom. The summed E-state index contributed by atoms with van der Waals surface area (Å²) in [5.74, 6) is -0.858. The van der Waals surface area contributed by atoms with Gasteiger partial charge in [-0.15, -0.1) is 0 Å². The lowest BCUT2D eigenvalue weighted by Gasteiger charge is -2.06. The molecule has 0 aromatic heterocycles. The molecule has 0 heterocycles. The first-order valence-electron chi connectivity index (χ1n) is 4.14. The van der Waals surface area contributed by atoms with Crippen LogP contribution in [0.1, 0.15) is 5.56 Å². The summed E-state index contributed by atoms with van der Waals surface area (Å²) in [5, 5.41) is 10.8. The maximum atomic E-state index is 13.3. The van der Waals surface area contributed by atoms with E-state index < -0.39 is 16.5 Å². The number of halogens is 1. The van der Waals surface area contributed by atoms with E-state index in [0.29, 0.717) is 5.56 Å². The Hall–Kier alpha value is -1.18. The van der Waals surface area contributed by atoms with Crippen LogP contribution < -0.4 is 10.8 Å². The summed E-state index contributed by atoms with van der Waals surface area (Å²) in [6.07, 6.45) is 0. The van der Waals surface area contributed by atoms with Crippen molar-refractivity contribution in [3.05, 3.63) is 29.6 Å². The minimum Gasteiger partial charge on any atom is -0.369 e. The summed E-state index contributed by atoms with van der Waals surface area (Å²) in [4.78, 5) is 0. The number of benzene rings is 1. The van der Waals surface area contributed by atoms with E-state index >= 15 is 0 Å². The zero-order chi connectivity index (χ0) is 11.3. The van der Waals surface area contributed by atoms with Gasteiger partial charge < -0.3 is 10.5 Å². The van der Waals surface area contributed by atoms with Crippen molar-refractivity contribution in [2.45, 2.75) is 6.54 Å². The number of thiol groups is 1. The maximum absolute atomic E-state index is 13.3. The molecule has 0 aliphatic carbocycles. The predicted octanol–water partition coefficient (Wildman–Crippen LogP) is 0.285. The highest BCUT2D eigenvalue weighted by atomic mass is 32.2. The number of rotatable bonds is 5. The van der Waals surface area contributed by atoms with Crippen LogP contribution in [-0.2, 0) is 17.2 Å². The number of nitrogens with one attached hydrogen (secondary N) is 2. The summed E-state index contributed by atoms with van der Waals surface area (Å²) in [7, 11) is -2.58. The summed E-state index contributed by atoms with van der Waals surface area (Å²) in [5.41, 5.74) is 2.58. The highest BCUT2D eigenvalue weighted by Gasteiger charge is 2.02. The Morgan fingerprint density at radius 2 is 2.13 bits per heavy atom. The van der Waals surface area contributed by atoms with E-state index in [1.54, 1.807) is 6.07 Å². The molecule has 0 amide bonds. The molecule has 0 saturated heterocycles. The molecule has 0 aliphatic heterocycles. The van der Waals surface area contributed by atoms with Crippen molar-refractivity contribution in [1.82, 2.24) is 5.48 Å². The normalized spacial score (nSPS) is 10.6. The third-order valence-corrected chi connectivity index (χ3v) is 2.13. The van der Waals surface area contributed by atoms with Gasteiger partial charge in [-0.3, -0.25) is 0 Å². The third kappa shape index (κ3) is 3.82. The van der Waals surface area contributed by atoms with Gasteiger partial charge in [0, 0.05) is 6.54 Å². The molecule has 1 aromatic carbocycles. The van der Waals surface area contributed by atoms with E-state index in [0.717, 1.165) is 0 Å². The second-order valence-corrected chi connectivity index (χ2v) is 3.80. The number of hydrogen-bond donors (Lipinski definition) is 4. The number of hydrogen-bond acceptors (Lipinski definition) is 5. The molecule has 3 N–H and O–H groups in total. The van der Waals surface area contributed by atoms with Gasteiger partial charge >= 0.3 is 0 Å². The van der Waals surface area contributed by atoms with E-state index in [9.17, 15) is 12.8 Å². The Kier molecular flexibility index (Phi) is 4.47. The molecule has 1 aromatic rings. The van der Waals surface area contributed by atoms with Crippen LogP contribution >= 0.6 is 0 Å². The fraction of sp³-hybridized carbons (Fsp3) is 0.250. The molecule has 0 unspecified atom stereocenters. The minimum absolute atomic E-state index is 0.121. The second kappa shape index (κ2) is 5.64. The largest absolute Gasteiger partial charge is 0.369 e. The molecule has 1 rings (SSSR count). The average molecular weight is 234 g/mol. The highest BCUT2D eigenvalue weighted by Crippen LogP contribution is 2.15. The summed E-state index contributed by atoms with van der Waals surface area (Å²) >= 11 is 0. The molecule has 0 fully saturated rings. The fourth-order valence-corrected chi connectivity index (χ4v) is 1.35. The lowest BCUT2D eigenvalue weighted by atomic mass is 10.2. The van der Waals surface area contributed by atoms with Gasteiger partial charge in [-0.2, -0.15) is 0 Å². The van der Waals surface area contributed by atoms with Gasteiger partial charge in [0.05, 0.1) is 5.69 Å². The van der Waals surface area contributed by atoms with Crippen LogP contribution in [0.25, 0.3) is 0 Å². The molecule has 5 nitrogen and oxygen atoms in total. The second-order valence-electron chi connectivity index (χ2n) is 2.82. The van der Waals surface area contributed by atoms with Gasteiger partial charge in [-0.05, 0) is 17.7 Å². The summed E-state index contributed by atoms with van der Waals surface area (Å²) in [6.45, 7) is 0.132. The van der Waals surface area contributed by atoms with E-state index in [-0.39, 0.29) is 18.1 Å². The van der Waals surface area contributed by atoms with Crippen molar-refractivity contribution in [3.8, 4) is 0 Å². The Balaban J connectivity index is 2.74. The minimum atomic E-state index is -2.58. The summed E-state index contributed by atoms with van der Waals surface area (Å²) < 4.78 is 33.8. The molecule has 15 heavy (non-hydrogen) atoms. The van der Waals surface area contributed by atoms with Gasteiger partial charge in [0.1, 0.15) is 11.7 Å². The summed E-state index contributed by atoms with van der Waals surface area (Å²) in [6, 6.07) is 4.21. The van der Waals surface area contributed by atoms with Crippen LogP contribution in [0.3, 0.4) is 0 Å². The first kappa shape index (κ1) is 11.9. The van der Waals surface area contributed by atoms with Gasteiger partial charge in [-0.1, -0.05) is 6.07 Å². The van der Waals surface area contributed by atoms with Gasteiger partial charge in [0.15, 0.2) is 10.7 Å². The molecule has 84 valence electrons. The lowest BCUT2D eigenvalue weighted by Crippen LogP contribution is -2.08. The fourth-order valence-electron chi connectivity index (χ4n) is 1.05. The Labute approximate surface area is 87.8 Å². The van der Waals surface area contributed by atoms with Crippen molar-refractivity contribution in [2.24, 2.45) is 0 Å². The third-order valence-electron chi connectivity index (χ3n) is 1.72. The van der Waals surface area contributed by atoms with Crippen LogP contribution in [0.5, 0.6) is 0 Å². The zero-order valence-electron chi connectivity index (χ0n) is 7.74. The molecule has 0 atom stereocenters. The Bertz CT molecular complexity index is 401. The smallest absolute Gasteiger partial charge is 0.158 e. The molecular formula is C8H11FN2O3S. The molecule has 0 spiro atoms. The van der Waals surface area contributed by atoms with Gasteiger partial charge in [0.2, 0.25) is 0 Å². The predicted molar refractivity (Wildman–Crippen MR) is 53.8 cm³/mol. The maximum Gasteiger partial charge on any atom is 0.158 e. The first-order valence-corrected chi connectivity index (χ1v) is 5.51. The topological polar surface area (TPSA) is 78.4 Å². The quantitative estimate of drug-likeness (QED) is 0.435. The highest BCUT2D eigenvalue weighted by molar-refractivity contribution is 7.72. The van der Waals surface area contributed by atoms with Crippen LogP contribution in [-0.4, -0.2) is 19.5 Å². The van der Waals surface area contributed by atoms with Gasteiger partial charge in [0.25, 0.3) is 0 Å². The van der Waals surface area contributed by atoms with Crippen LogP contribution in [0.15, 0.2) is 18.2 Å². The lowest BCUT2D eigenvalue weighted by molar-refractivity contribution is 0.161. The first-order chi connectivity index (χ1) is 7.13.